The topological polar surface area (TPSA) is 110 Å². The molecule has 0 N–H and O–H groups in total. The van der Waals surface area contributed by atoms with Gasteiger partial charge in [-0.05, 0) is 86.3 Å². The van der Waals surface area contributed by atoms with Crippen molar-refractivity contribution in [2.45, 2.75) is 66.7 Å². The fourth-order valence-electron chi connectivity index (χ4n) is 8.16. The maximum atomic E-state index is 13.2. The standard InChI is InChI=1S/C40H42N8O2/c1-24-9-26(3)43-36-22-47(20-33(24)36)39(49)11-28-16-45(17-28)32-7-8-42-35(14-32)30-5-6-31(15-41)38(13-30)46-18-29(19-46)12-40(50)48-21-34-25(2)10-27(4)44-37(34)23-48/h5-10,13-14,28-29H,11-12,16-23H2,1-4H3. The van der Waals surface area contributed by atoms with Crippen molar-refractivity contribution < 1.29 is 9.59 Å². The molecule has 0 unspecified atom stereocenters. The Kier molecular flexibility index (Phi) is 8.01. The number of nitrogens with zero attached hydrogens (tertiary/aromatic N) is 8. The number of aryl methyl sites for hydroxylation is 4. The molecule has 4 aliphatic heterocycles. The highest BCUT2D eigenvalue weighted by molar-refractivity contribution is 5.79. The molecule has 4 aliphatic rings. The smallest absolute Gasteiger partial charge is 0.223 e. The van der Waals surface area contributed by atoms with Crippen molar-refractivity contribution in [1.82, 2.24) is 24.8 Å². The Balaban J connectivity index is 0.864. The van der Waals surface area contributed by atoms with Crippen molar-refractivity contribution >= 4 is 23.2 Å². The fraction of sp³-hybridized carbons (Fsp3) is 0.400. The molecule has 50 heavy (non-hydrogen) atoms. The Morgan fingerprint density at radius 3 is 1.86 bits per heavy atom. The number of carbonyl (C=O) groups excluding carboxylic acids is 2. The number of amides is 2. The molecule has 0 atom stereocenters. The van der Waals surface area contributed by atoms with Gasteiger partial charge in [-0.1, -0.05) is 6.07 Å². The van der Waals surface area contributed by atoms with E-state index in [-0.39, 0.29) is 17.7 Å². The zero-order valence-corrected chi connectivity index (χ0v) is 29.2. The number of fused-ring (bicyclic) bond motifs is 2. The van der Waals surface area contributed by atoms with E-state index in [4.69, 9.17) is 0 Å². The summed E-state index contributed by atoms with van der Waals surface area (Å²) < 4.78 is 0. The zero-order chi connectivity index (χ0) is 34.7. The molecule has 3 aromatic heterocycles. The summed E-state index contributed by atoms with van der Waals surface area (Å²) in [5.74, 6) is 0.932. The summed E-state index contributed by atoms with van der Waals surface area (Å²) in [6, 6.07) is 16.5. The van der Waals surface area contributed by atoms with Crippen molar-refractivity contribution in [1.29, 1.82) is 5.26 Å². The Morgan fingerprint density at radius 2 is 1.30 bits per heavy atom. The number of anilines is 2. The highest BCUT2D eigenvalue weighted by Crippen LogP contribution is 2.36. The molecular weight excluding hydrogens is 624 g/mol. The first kappa shape index (κ1) is 31.9. The van der Waals surface area contributed by atoms with Crippen LogP contribution >= 0.6 is 0 Å². The van der Waals surface area contributed by atoms with Crippen LogP contribution in [-0.2, 0) is 35.8 Å². The number of hydrogen-bond acceptors (Lipinski definition) is 8. The predicted molar refractivity (Wildman–Crippen MR) is 191 cm³/mol. The second-order valence-electron chi connectivity index (χ2n) is 14.7. The first-order chi connectivity index (χ1) is 24.1. The molecule has 4 aromatic rings. The van der Waals surface area contributed by atoms with Crippen molar-refractivity contribution in [2.75, 3.05) is 36.0 Å². The number of carbonyl (C=O) groups is 2. The summed E-state index contributed by atoms with van der Waals surface area (Å²) in [7, 11) is 0. The van der Waals surface area contributed by atoms with E-state index in [0.29, 0.717) is 50.5 Å². The van der Waals surface area contributed by atoms with Crippen molar-refractivity contribution in [3.63, 3.8) is 0 Å². The monoisotopic (exact) mass is 666 g/mol. The lowest BCUT2D eigenvalue weighted by atomic mass is 9.93. The van der Waals surface area contributed by atoms with Gasteiger partial charge >= 0.3 is 0 Å². The summed E-state index contributed by atoms with van der Waals surface area (Å²) in [5.41, 5.74) is 13.3. The Morgan fingerprint density at radius 1 is 0.740 bits per heavy atom. The summed E-state index contributed by atoms with van der Waals surface area (Å²) >= 11 is 0. The van der Waals surface area contributed by atoms with Gasteiger partial charge in [0.25, 0.3) is 0 Å². The van der Waals surface area contributed by atoms with Crippen molar-refractivity contribution in [3.05, 3.63) is 99.3 Å². The minimum Gasteiger partial charge on any atom is -0.371 e. The molecule has 0 aliphatic carbocycles. The number of benzene rings is 1. The van der Waals surface area contributed by atoms with E-state index in [2.05, 4.69) is 68.9 Å². The van der Waals surface area contributed by atoms with E-state index < -0.39 is 0 Å². The lowest BCUT2D eigenvalue weighted by Crippen LogP contribution is -2.49. The highest BCUT2D eigenvalue weighted by atomic mass is 16.2. The quantitative estimate of drug-likeness (QED) is 0.259. The lowest BCUT2D eigenvalue weighted by Gasteiger charge is -2.42. The molecule has 10 heteroatoms. The molecule has 0 bridgehead atoms. The van der Waals surface area contributed by atoms with Gasteiger partial charge in [0.2, 0.25) is 11.8 Å². The van der Waals surface area contributed by atoms with Gasteiger partial charge in [-0.15, -0.1) is 0 Å². The normalized spacial score (nSPS) is 16.9. The van der Waals surface area contributed by atoms with Crippen LogP contribution in [0.2, 0.25) is 0 Å². The minimum atomic E-state index is 0.168. The zero-order valence-electron chi connectivity index (χ0n) is 29.2. The van der Waals surface area contributed by atoms with Gasteiger partial charge in [0.15, 0.2) is 0 Å². The van der Waals surface area contributed by atoms with Crippen LogP contribution in [-0.4, -0.2) is 62.7 Å². The van der Waals surface area contributed by atoms with E-state index in [0.717, 1.165) is 71.6 Å². The minimum absolute atomic E-state index is 0.168. The second kappa shape index (κ2) is 12.5. The van der Waals surface area contributed by atoms with Gasteiger partial charge < -0.3 is 19.6 Å². The predicted octanol–water partition coefficient (Wildman–Crippen LogP) is 5.38. The Hall–Kier alpha value is -5.30. The molecular formula is C40H42N8O2. The van der Waals surface area contributed by atoms with Gasteiger partial charge in [-0.3, -0.25) is 24.5 Å². The summed E-state index contributed by atoms with van der Waals surface area (Å²) in [4.78, 5) is 48.8. The van der Waals surface area contributed by atoms with Crippen LogP contribution in [0.25, 0.3) is 11.3 Å². The summed E-state index contributed by atoms with van der Waals surface area (Å²) in [5, 5.41) is 9.92. The molecule has 2 amide bonds. The van der Waals surface area contributed by atoms with Crippen molar-refractivity contribution in [2.24, 2.45) is 11.8 Å². The molecule has 0 spiro atoms. The lowest BCUT2D eigenvalue weighted by molar-refractivity contribution is -0.133. The average Bonchev–Trinajstić information content (AvgIpc) is 3.69. The van der Waals surface area contributed by atoms with Gasteiger partial charge in [0.05, 0.1) is 41.4 Å². The van der Waals surface area contributed by atoms with Gasteiger partial charge in [-0.2, -0.15) is 5.26 Å². The first-order valence-electron chi connectivity index (χ1n) is 17.6. The van der Waals surface area contributed by atoms with Crippen LogP contribution in [0.15, 0.2) is 48.7 Å². The second-order valence-corrected chi connectivity index (χ2v) is 14.7. The van der Waals surface area contributed by atoms with Crippen LogP contribution in [0.4, 0.5) is 11.4 Å². The molecule has 8 rings (SSSR count). The van der Waals surface area contributed by atoms with Crippen molar-refractivity contribution in [3.8, 4) is 17.3 Å². The molecule has 2 fully saturated rings. The van der Waals surface area contributed by atoms with Crippen LogP contribution in [0.3, 0.4) is 0 Å². The van der Waals surface area contributed by atoms with E-state index in [9.17, 15) is 14.9 Å². The molecule has 0 saturated carbocycles. The van der Waals surface area contributed by atoms with Gasteiger partial charge in [0.1, 0.15) is 6.07 Å². The third-order valence-corrected chi connectivity index (χ3v) is 10.9. The number of nitriles is 1. The van der Waals surface area contributed by atoms with E-state index in [1.807, 2.05) is 48.0 Å². The highest BCUT2D eigenvalue weighted by Gasteiger charge is 2.35. The van der Waals surface area contributed by atoms with Crippen LogP contribution < -0.4 is 9.80 Å². The molecule has 254 valence electrons. The van der Waals surface area contributed by atoms with Crippen LogP contribution in [0.1, 0.15) is 63.4 Å². The molecule has 7 heterocycles. The fourth-order valence-corrected chi connectivity index (χ4v) is 8.16. The third-order valence-electron chi connectivity index (χ3n) is 10.9. The Labute approximate surface area is 293 Å². The molecule has 1 aromatic carbocycles. The number of hydrogen-bond donors (Lipinski definition) is 0. The number of aromatic nitrogens is 3. The van der Waals surface area contributed by atoms with Gasteiger partial charge in [-0.25, -0.2) is 0 Å². The summed E-state index contributed by atoms with van der Waals surface area (Å²) in [6.45, 7) is 13.8. The van der Waals surface area contributed by atoms with E-state index in [1.54, 1.807) is 0 Å². The maximum Gasteiger partial charge on any atom is 0.223 e. The van der Waals surface area contributed by atoms with E-state index in [1.165, 1.54) is 22.3 Å². The third kappa shape index (κ3) is 5.95. The van der Waals surface area contributed by atoms with E-state index >= 15 is 0 Å². The largest absolute Gasteiger partial charge is 0.371 e. The molecule has 2 saturated heterocycles. The van der Waals surface area contributed by atoms with Crippen LogP contribution in [0.5, 0.6) is 0 Å². The molecule has 0 radical (unpaired) electrons. The number of rotatable bonds is 7. The SMILES string of the molecule is Cc1cc(C)c2c(n1)CN(C(=O)CC1CN(c3ccnc(-c4ccc(C#N)c(N5CC(CC(=O)N6Cc7nc(C)cc(C)c7C6)C5)c4)c3)C1)C2. The molecule has 10 nitrogen and oxygen atoms in total. The van der Waals surface area contributed by atoms with Gasteiger partial charge in [0, 0.05) is 92.8 Å². The summed E-state index contributed by atoms with van der Waals surface area (Å²) in [6.07, 6.45) is 2.88. The average molecular weight is 667 g/mol. The first-order valence-corrected chi connectivity index (χ1v) is 17.6. The van der Waals surface area contributed by atoms with Crippen LogP contribution in [0, 0.1) is 50.9 Å². The Bertz CT molecular complexity index is 2070. The number of pyridine rings is 3. The maximum absolute atomic E-state index is 13.2.